The summed E-state index contributed by atoms with van der Waals surface area (Å²) >= 11 is 0. The molecule has 0 aliphatic rings. The van der Waals surface area contributed by atoms with Gasteiger partial charge in [0.05, 0.1) is 39.9 Å². The Kier molecular flexibility index (Phi) is 48.5. The van der Waals surface area contributed by atoms with Gasteiger partial charge in [-0.3, -0.25) is 9.36 Å². The summed E-state index contributed by atoms with van der Waals surface area (Å²) in [6.07, 6.45) is 72.3. The number of aliphatic hydroxyl groups excluding tert-OH is 1. The van der Waals surface area contributed by atoms with E-state index in [2.05, 4.69) is 92.1 Å². The minimum atomic E-state index is -4.63. The summed E-state index contributed by atoms with van der Waals surface area (Å²) in [5.41, 5.74) is 0. The highest BCUT2D eigenvalue weighted by Crippen LogP contribution is 2.38. The average molecular weight is 983 g/mol. The number of quaternary nitrogens is 1. The number of allylic oxidation sites excluding steroid dienone is 15. The highest BCUT2D eigenvalue weighted by Gasteiger charge is 2.23. The van der Waals surface area contributed by atoms with Crippen LogP contribution in [0.5, 0.6) is 0 Å². The predicted octanol–water partition coefficient (Wildman–Crippen LogP) is 16.4. The highest BCUT2D eigenvalue weighted by molar-refractivity contribution is 7.45. The van der Waals surface area contributed by atoms with Gasteiger partial charge in [-0.1, -0.05) is 246 Å². The fourth-order valence-electron chi connectivity index (χ4n) is 7.66. The summed E-state index contributed by atoms with van der Waals surface area (Å²) < 4.78 is 23.3. The van der Waals surface area contributed by atoms with Crippen molar-refractivity contribution in [2.75, 3.05) is 40.9 Å². The predicted molar refractivity (Wildman–Crippen MR) is 297 cm³/mol. The van der Waals surface area contributed by atoms with Crippen LogP contribution in [-0.2, 0) is 18.4 Å². The molecule has 69 heavy (non-hydrogen) atoms. The first-order chi connectivity index (χ1) is 33.5. The van der Waals surface area contributed by atoms with Crippen molar-refractivity contribution in [3.8, 4) is 0 Å². The number of carbonyl (C=O) groups is 1. The van der Waals surface area contributed by atoms with Crippen molar-refractivity contribution in [3.63, 3.8) is 0 Å². The van der Waals surface area contributed by atoms with Crippen LogP contribution in [-0.4, -0.2) is 68.5 Å². The van der Waals surface area contributed by atoms with Gasteiger partial charge in [-0.15, -0.1) is 0 Å². The second kappa shape index (κ2) is 50.4. The van der Waals surface area contributed by atoms with Crippen LogP contribution >= 0.6 is 7.82 Å². The van der Waals surface area contributed by atoms with Gasteiger partial charge in [0.15, 0.2) is 0 Å². The van der Waals surface area contributed by atoms with E-state index in [1.54, 1.807) is 6.08 Å². The molecule has 0 saturated heterocycles. The molecule has 0 aliphatic carbocycles. The lowest BCUT2D eigenvalue weighted by Gasteiger charge is -2.29. The zero-order valence-electron chi connectivity index (χ0n) is 45.2. The number of carbonyl (C=O) groups excluding carboxylic acids is 1. The smallest absolute Gasteiger partial charge is 0.268 e. The molecule has 0 aromatic heterocycles. The van der Waals surface area contributed by atoms with Crippen LogP contribution in [0.3, 0.4) is 0 Å². The summed E-state index contributed by atoms with van der Waals surface area (Å²) in [5.74, 6) is -0.291. The SMILES string of the molecule is CC/C=C\C/C=C\C/C=C\C/C=C\C/C=C\C/C=C\CCC(=O)NC(COP(=O)([O-])OCC[N+](C)(C)C)C(O)/C=C/CC/C=C/CCCCCCCCCCCCCCCCCCCCCCCC. The van der Waals surface area contributed by atoms with E-state index in [1.807, 2.05) is 39.4 Å². The molecule has 0 heterocycles. The van der Waals surface area contributed by atoms with Gasteiger partial charge in [0.25, 0.3) is 7.82 Å². The number of amides is 1. The van der Waals surface area contributed by atoms with Gasteiger partial charge < -0.3 is 28.8 Å². The van der Waals surface area contributed by atoms with Gasteiger partial charge >= 0.3 is 0 Å². The van der Waals surface area contributed by atoms with E-state index in [0.717, 1.165) is 57.8 Å². The molecule has 0 radical (unpaired) electrons. The van der Waals surface area contributed by atoms with Crippen molar-refractivity contribution in [2.24, 2.45) is 0 Å². The molecule has 0 saturated carbocycles. The van der Waals surface area contributed by atoms with Crippen molar-refractivity contribution in [1.29, 1.82) is 0 Å². The van der Waals surface area contributed by atoms with Crippen LogP contribution in [0.15, 0.2) is 97.2 Å². The van der Waals surface area contributed by atoms with Crippen LogP contribution in [0.25, 0.3) is 0 Å². The standard InChI is InChI=1S/C60H107N2O6P/c1-6-8-10-12-14-16-18-20-22-24-26-27-28-29-30-31-32-33-34-36-37-39-41-43-45-47-49-51-53-59(63)58(57-68-69(65,66)67-56-55-62(3,4)5)61-60(64)54-52-50-48-46-44-42-40-38-35-25-23-21-19-17-15-13-11-9-7-2/h9,11,15,17,21,23,35,38,42-45,48,50-51,53,58-59,63H,6-8,10,12-14,16,18-20,22,24-34,36-37,39-41,46-47,49,52,54-57H2,1-5H3,(H-,61,64,65,66)/b11-9-,17-15-,23-21-,38-35-,44-42-,45-43+,50-48-,53-51+. The summed E-state index contributed by atoms with van der Waals surface area (Å²) in [6, 6.07) is -0.951. The number of unbranched alkanes of at least 4 members (excludes halogenated alkanes) is 23. The second-order valence-electron chi connectivity index (χ2n) is 19.9. The van der Waals surface area contributed by atoms with Crippen LogP contribution in [0.4, 0.5) is 0 Å². The molecular formula is C60H107N2O6P. The fourth-order valence-corrected chi connectivity index (χ4v) is 8.39. The molecule has 0 bridgehead atoms. The van der Waals surface area contributed by atoms with Crippen LogP contribution < -0.4 is 10.2 Å². The third kappa shape index (κ3) is 53.1. The molecule has 0 aromatic rings. The number of aliphatic hydroxyl groups is 1. The zero-order valence-corrected chi connectivity index (χ0v) is 46.1. The molecule has 398 valence electrons. The Bertz CT molecular complexity index is 1440. The summed E-state index contributed by atoms with van der Waals surface area (Å²) in [4.78, 5) is 25.4. The molecule has 3 atom stereocenters. The molecule has 2 N–H and O–H groups in total. The van der Waals surface area contributed by atoms with E-state index in [9.17, 15) is 19.4 Å². The lowest BCUT2D eigenvalue weighted by molar-refractivity contribution is -0.870. The number of nitrogens with one attached hydrogen (secondary N) is 1. The second-order valence-corrected chi connectivity index (χ2v) is 21.3. The summed E-state index contributed by atoms with van der Waals surface area (Å²) in [5, 5.41) is 13.8. The van der Waals surface area contributed by atoms with E-state index in [1.165, 1.54) is 141 Å². The van der Waals surface area contributed by atoms with Gasteiger partial charge in [0, 0.05) is 6.42 Å². The highest BCUT2D eigenvalue weighted by atomic mass is 31.2. The molecule has 0 aromatic carbocycles. The number of nitrogens with zero attached hydrogens (tertiary/aromatic N) is 1. The van der Waals surface area contributed by atoms with Gasteiger partial charge in [0.1, 0.15) is 13.2 Å². The van der Waals surface area contributed by atoms with Gasteiger partial charge in [0.2, 0.25) is 5.91 Å². The Balaban J connectivity index is 4.35. The first kappa shape index (κ1) is 66.4. The molecular weight excluding hydrogens is 876 g/mol. The van der Waals surface area contributed by atoms with Crippen LogP contribution in [0.1, 0.15) is 226 Å². The van der Waals surface area contributed by atoms with Crippen LogP contribution in [0, 0.1) is 0 Å². The molecule has 1 amide bonds. The number of likely N-dealkylation sites (N-methyl/N-ethyl adjacent to an activating group) is 1. The first-order valence-corrected chi connectivity index (χ1v) is 29.6. The number of rotatable bonds is 50. The Morgan fingerprint density at radius 3 is 1.33 bits per heavy atom. The number of hydrogen-bond donors (Lipinski definition) is 2. The maximum absolute atomic E-state index is 12.9. The molecule has 8 nitrogen and oxygen atoms in total. The minimum Gasteiger partial charge on any atom is -0.756 e. The number of hydrogen-bond acceptors (Lipinski definition) is 6. The third-order valence-corrected chi connectivity index (χ3v) is 13.0. The molecule has 0 fully saturated rings. The molecule has 9 heteroatoms. The molecule has 0 spiro atoms. The van der Waals surface area contributed by atoms with E-state index in [-0.39, 0.29) is 18.9 Å². The monoisotopic (exact) mass is 983 g/mol. The van der Waals surface area contributed by atoms with Crippen molar-refractivity contribution in [1.82, 2.24) is 5.32 Å². The third-order valence-electron chi connectivity index (χ3n) is 12.0. The quantitative estimate of drug-likeness (QED) is 0.0272. The van der Waals surface area contributed by atoms with E-state index < -0.39 is 26.6 Å². The van der Waals surface area contributed by atoms with E-state index >= 15 is 0 Å². The van der Waals surface area contributed by atoms with Crippen molar-refractivity contribution in [3.05, 3.63) is 97.2 Å². The Morgan fingerprint density at radius 2 is 0.899 bits per heavy atom. The number of phosphoric ester groups is 1. The van der Waals surface area contributed by atoms with Gasteiger partial charge in [-0.2, -0.15) is 0 Å². The maximum atomic E-state index is 12.9. The zero-order chi connectivity index (χ0) is 50.6. The largest absolute Gasteiger partial charge is 0.756 e. The topological polar surface area (TPSA) is 108 Å². The minimum absolute atomic E-state index is 0.0249. The normalized spacial score (nSPS) is 14.7. The lowest BCUT2D eigenvalue weighted by Crippen LogP contribution is -2.45. The van der Waals surface area contributed by atoms with Gasteiger partial charge in [-0.05, 0) is 70.6 Å². The van der Waals surface area contributed by atoms with E-state index in [0.29, 0.717) is 17.4 Å². The van der Waals surface area contributed by atoms with Crippen LogP contribution in [0.2, 0.25) is 0 Å². The van der Waals surface area contributed by atoms with Gasteiger partial charge in [-0.25, -0.2) is 0 Å². The van der Waals surface area contributed by atoms with Crippen molar-refractivity contribution >= 4 is 13.7 Å². The van der Waals surface area contributed by atoms with Crippen molar-refractivity contribution in [2.45, 2.75) is 238 Å². The Labute approximate surface area is 426 Å². The summed E-state index contributed by atoms with van der Waals surface area (Å²) in [7, 11) is 1.19. The fraction of sp³-hybridized carbons (Fsp3) is 0.717. The lowest BCUT2D eigenvalue weighted by atomic mass is 10.0. The Morgan fingerprint density at radius 1 is 0.522 bits per heavy atom. The first-order valence-electron chi connectivity index (χ1n) is 28.1. The number of phosphoric acid groups is 1. The average Bonchev–Trinajstić information content (AvgIpc) is 3.31. The van der Waals surface area contributed by atoms with Crippen molar-refractivity contribution < 1.29 is 32.9 Å². The summed E-state index contributed by atoms with van der Waals surface area (Å²) in [6.45, 7) is 4.46. The Hall–Kier alpha value is -2.58. The molecule has 3 unspecified atom stereocenters. The molecule has 0 rings (SSSR count). The van der Waals surface area contributed by atoms with E-state index in [4.69, 9.17) is 9.05 Å². The molecule has 0 aliphatic heterocycles. The maximum Gasteiger partial charge on any atom is 0.268 e.